The van der Waals surface area contributed by atoms with Crippen LogP contribution in [0.15, 0.2) is 11.7 Å². The van der Waals surface area contributed by atoms with Crippen LogP contribution in [0.5, 0.6) is 0 Å². The van der Waals surface area contributed by atoms with Gasteiger partial charge in [-0.15, -0.1) is 11.3 Å². The number of nitrogens with one attached hydrogen (secondary N) is 2. The van der Waals surface area contributed by atoms with Crippen LogP contribution in [0.25, 0.3) is 10.8 Å². The van der Waals surface area contributed by atoms with E-state index in [1.807, 2.05) is 5.38 Å². The third-order valence-electron chi connectivity index (χ3n) is 3.44. The van der Waals surface area contributed by atoms with Crippen LogP contribution in [-0.4, -0.2) is 43.3 Å². The van der Waals surface area contributed by atoms with E-state index < -0.39 is 5.60 Å². The highest BCUT2D eigenvalue weighted by Crippen LogP contribution is 2.20. The summed E-state index contributed by atoms with van der Waals surface area (Å²) >= 11 is 1.41. The number of hydrogen-bond acceptors (Lipinski definition) is 6. The number of amides is 1. The number of carbonyl (C=O) groups is 1. The predicted octanol–water partition coefficient (Wildman–Crippen LogP) is 1.77. The second-order valence-electron chi connectivity index (χ2n) is 6.36. The summed E-state index contributed by atoms with van der Waals surface area (Å²) in [5.74, 6) is 0.976. The largest absolute Gasteiger partial charge is 0.388 e. The lowest BCUT2D eigenvalue weighted by Gasteiger charge is -2.24. The first-order chi connectivity index (χ1) is 10.9. The van der Waals surface area contributed by atoms with Gasteiger partial charge < -0.3 is 10.4 Å². The third-order valence-corrected chi connectivity index (χ3v) is 4.34. The summed E-state index contributed by atoms with van der Waals surface area (Å²) < 4.78 is 0. The van der Waals surface area contributed by atoms with Crippen LogP contribution in [0.2, 0.25) is 0 Å². The molecule has 2 aromatic heterocycles. The normalized spacial score (nSPS) is 14.0. The molecule has 23 heavy (non-hydrogen) atoms. The van der Waals surface area contributed by atoms with Crippen molar-refractivity contribution in [2.45, 2.75) is 45.6 Å². The van der Waals surface area contributed by atoms with E-state index in [0.29, 0.717) is 28.9 Å². The van der Waals surface area contributed by atoms with Gasteiger partial charge in [0.2, 0.25) is 5.91 Å². The summed E-state index contributed by atoms with van der Waals surface area (Å²) in [6.45, 7) is 6.23. The molecule has 7 nitrogen and oxygen atoms in total. The molecule has 1 atom stereocenters. The molecule has 0 fully saturated rings. The van der Waals surface area contributed by atoms with Crippen LogP contribution >= 0.6 is 11.3 Å². The molecule has 0 aliphatic rings. The molecule has 126 valence electrons. The van der Waals surface area contributed by atoms with Crippen molar-refractivity contribution >= 4 is 17.2 Å². The molecule has 2 heterocycles. The summed E-state index contributed by atoms with van der Waals surface area (Å²) in [6, 6.07) is 0. The van der Waals surface area contributed by atoms with E-state index in [1.165, 1.54) is 17.7 Å². The number of aromatic nitrogens is 4. The molecule has 0 aromatic carbocycles. The standard InChI is InChI=1S/C15H23N5O2S/c1-10(2)4-5-15(3,22)8-16-12(21)6-11-7-23-14(19-11)13-17-9-18-20-13/h7,9-10,22H,4-6,8H2,1-3H3,(H,16,21)(H,17,18,20). The molecule has 0 saturated heterocycles. The Labute approximate surface area is 139 Å². The predicted molar refractivity (Wildman–Crippen MR) is 88.9 cm³/mol. The monoisotopic (exact) mass is 337 g/mol. The van der Waals surface area contributed by atoms with E-state index in [4.69, 9.17) is 0 Å². The minimum Gasteiger partial charge on any atom is -0.388 e. The molecule has 0 aliphatic carbocycles. The van der Waals surface area contributed by atoms with Crippen molar-refractivity contribution in [3.63, 3.8) is 0 Å². The Morgan fingerprint density at radius 3 is 2.96 bits per heavy atom. The fraction of sp³-hybridized carbons (Fsp3) is 0.600. The average Bonchev–Trinajstić information content (AvgIpc) is 3.14. The topological polar surface area (TPSA) is 104 Å². The van der Waals surface area contributed by atoms with Crippen LogP contribution in [0, 0.1) is 5.92 Å². The molecule has 0 aliphatic heterocycles. The highest BCUT2D eigenvalue weighted by Gasteiger charge is 2.21. The molecule has 2 aromatic rings. The summed E-state index contributed by atoms with van der Waals surface area (Å²) in [4.78, 5) is 20.4. The van der Waals surface area contributed by atoms with Crippen molar-refractivity contribution in [1.82, 2.24) is 25.5 Å². The van der Waals surface area contributed by atoms with Gasteiger partial charge in [0.25, 0.3) is 0 Å². The lowest BCUT2D eigenvalue weighted by atomic mass is 9.95. The van der Waals surface area contributed by atoms with Gasteiger partial charge in [0, 0.05) is 11.9 Å². The maximum Gasteiger partial charge on any atom is 0.226 e. The zero-order valence-corrected chi connectivity index (χ0v) is 14.5. The number of carbonyl (C=O) groups excluding carboxylic acids is 1. The number of H-pyrrole nitrogens is 1. The number of aliphatic hydroxyl groups is 1. The highest BCUT2D eigenvalue weighted by molar-refractivity contribution is 7.13. The molecule has 3 N–H and O–H groups in total. The van der Waals surface area contributed by atoms with Crippen molar-refractivity contribution in [3.8, 4) is 10.8 Å². The van der Waals surface area contributed by atoms with Crippen LogP contribution in [0.4, 0.5) is 0 Å². The van der Waals surface area contributed by atoms with Gasteiger partial charge in [-0.05, 0) is 25.7 Å². The van der Waals surface area contributed by atoms with Crippen LogP contribution in [-0.2, 0) is 11.2 Å². The molecule has 0 bridgehead atoms. The van der Waals surface area contributed by atoms with Gasteiger partial charge in [-0.25, -0.2) is 9.97 Å². The molecule has 1 unspecified atom stereocenters. The Morgan fingerprint density at radius 2 is 2.30 bits per heavy atom. The first kappa shape index (κ1) is 17.6. The Kier molecular flexibility index (Phi) is 5.84. The van der Waals surface area contributed by atoms with Crippen LogP contribution in [0.3, 0.4) is 0 Å². The lowest BCUT2D eigenvalue weighted by Crippen LogP contribution is -2.41. The van der Waals surface area contributed by atoms with E-state index in [2.05, 4.69) is 39.3 Å². The first-order valence-electron chi connectivity index (χ1n) is 7.65. The Morgan fingerprint density at radius 1 is 1.52 bits per heavy atom. The third kappa shape index (κ3) is 5.72. The van der Waals surface area contributed by atoms with E-state index in [-0.39, 0.29) is 18.9 Å². The van der Waals surface area contributed by atoms with E-state index >= 15 is 0 Å². The van der Waals surface area contributed by atoms with Crippen molar-refractivity contribution in [3.05, 3.63) is 17.4 Å². The smallest absolute Gasteiger partial charge is 0.226 e. The molecule has 0 spiro atoms. The fourth-order valence-corrected chi connectivity index (χ4v) is 2.77. The average molecular weight is 337 g/mol. The summed E-state index contributed by atoms with van der Waals surface area (Å²) in [5.41, 5.74) is -0.201. The first-order valence-corrected chi connectivity index (χ1v) is 8.53. The quantitative estimate of drug-likeness (QED) is 0.681. The van der Waals surface area contributed by atoms with Crippen molar-refractivity contribution in [1.29, 1.82) is 0 Å². The number of thiazole rings is 1. The molecule has 1 amide bonds. The minimum atomic E-state index is -0.882. The fourth-order valence-electron chi connectivity index (χ4n) is 2.01. The highest BCUT2D eigenvalue weighted by atomic mass is 32.1. The summed E-state index contributed by atoms with van der Waals surface area (Å²) in [5, 5.41) is 22.1. The van der Waals surface area contributed by atoms with Crippen molar-refractivity contribution < 1.29 is 9.90 Å². The molecule has 0 radical (unpaired) electrons. The molecule has 2 rings (SSSR count). The minimum absolute atomic E-state index is 0.149. The van der Waals surface area contributed by atoms with Crippen molar-refractivity contribution in [2.75, 3.05) is 6.54 Å². The zero-order chi connectivity index (χ0) is 16.9. The SMILES string of the molecule is CC(C)CCC(C)(O)CNC(=O)Cc1csc(-c2ncn[nH]2)n1. The number of nitrogens with zero attached hydrogens (tertiary/aromatic N) is 3. The van der Waals surface area contributed by atoms with Gasteiger partial charge in [-0.2, -0.15) is 5.10 Å². The van der Waals surface area contributed by atoms with Gasteiger partial charge in [-0.3, -0.25) is 9.89 Å². The molecular formula is C15H23N5O2S. The van der Waals surface area contributed by atoms with Gasteiger partial charge in [-0.1, -0.05) is 13.8 Å². The van der Waals surface area contributed by atoms with Gasteiger partial charge in [0.1, 0.15) is 6.33 Å². The maximum absolute atomic E-state index is 12.0. The Balaban J connectivity index is 1.81. The zero-order valence-electron chi connectivity index (χ0n) is 13.7. The van der Waals surface area contributed by atoms with Gasteiger partial charge in [0.15, 0.2) is 10.8 Å². The van der Waals surface area contributed by atoms with Crippen LogP contribution in [0.1, 0.15) is 39.3 Å². The van der Waals surface area contributed by atoms with Gasteiger partial charge in [0.05, 0.1) is 17.7 Å². The Hall–Kier alpha value is -1.80. The molecule has 0 saturated carbocycles. The molecular weight excluding hydrogens is 314 g/mol. The number of hydrogen-bond donors (Lipinski definition) is 3. The maximum atomic E-state index is 12.0. The van der Waals surface area contributed by atoms with E-state index in [9.17, 15) is 9.90 Å². The van der Waals surface area contributed by atoms with Crippen molar-refractivity contribution in [2.24, 2.45) is 5.92 Å². The molecule has 8 heteroatoms. The second kappa shape index (κ2) is 7.65. The van der Waals surface area contributed by atoms with Gasteiger partial charge >= 0.3 is 0 Å². The summed E-state index contributed by atoms with van der Waals surface area (Å²) in [7, 11) is 0. The second-order valence-corrected chi connectivity index (χ2v) is 7.22. The van der Waals surface area contributed by atoms with E-state index in [1.54, 1.807) is 6.92 Å². The van der Waals surface area contributed by atoms with E-state index in [0.717, 1.165) is 6.42 Å². The van der Waals surface area contributed by atoms with Crippen LogP contribution < -0.4 is 5.32 Å². The number of aromatic amines is 1. The lowest BCUT2D eigenvalue weighted by molar-refractivity contribution is -0.121. The Bertz CT molecular complexity index is 622. The number of rotatable bonds is 8. The summed E-state index contributed by atoms with van der Waals surface area (Å²) in [6.07, 6.45) is 3.19.